The minimum Gasteiger partial charge on any atom is -0.444 e. The van der Waals surface area contributed by atoms with Crippen LogP contribution in [0.3, 0.4) is 0 Å². The Balaban J connectivity index is 2.75. The van der Waals surface area contributed by atoms with Crippen LogP contribution in [0.1, 0.15) is 58.3 Å². The van der Waals surface area contributed by atoms with Crippen LogP contribution in [0, 0.1) is 6.92 Å². The van der Waals surface area contributed by atoms with Crippen LogP contribution in [0.2, 0.25) is 0 Å². The molecule has 0 saturated carbocycles. The van der Waals surface area contributed by atoms with Crippen LogP contribution in [-0.2, 0) is 9.47 Å². The van der Waals surface area contributed by atoms with Gasteiger partial charge in [0.1, 0.15) is 16.7 Å². The van der Waals surface area contributed by atoms with Crippen molar-refractivity contribution in [2.24, 2.45) is 0 Å². The number of nitrogens with zero attached hydrogens (tertiary/aromatic N) is 1. The minimum atomic E-state index is -0.529. The number of thiazole rings is 1. The van der Waals surface area contributed by atoms with Crippen molar-refractivity contribution in [2.75, 3.05) is 6.61 Å². The molecule has 1 N–H and O–H groups in total. The standard InChI is InChI=1S/C15H26N2O3S/c1-10-9-21-12(16-10)11(8-19-14(2,3)4)17-13(18)20-15(5,6)7/h9,11H,8H2,1-7H3,(H,17,18)/t11-/m1/s1. The highest BCUT2D eigenvalue weighted by atomic mass is 32.1. The van der Waals surface area contributed by atoms with Crippen molar-refractivity contribution in [3.63, 3.8) is 0 Å². The molecule has 0 spiro atoms. The van der Waals surface area contributed by atoms with Gasteiger partial charge in [-0.15, -0.1) is 11.3 Å². The van der Waals surface area contributed by atoms with E-state index in [2.05, 4.69) is 10.3 Å². The fourth-order valence-corrected chi connectivity index (χ4v) is 2.32. The minimum absolute atomic E-state index is 0.278. The second-order valence-electron chi connectivity index (χ2n) is 6.95. The molecule has 0 aromatic carbocycles. The molecule has 1 amide bonds. The Kier molecular flexibility index (Phi) is 5.75. The molecular weight excluding hydrogens is 288 g/mol. The van der Waals surface area contributed by atoms with Crippen LogP contribution >= 0.6 is 11.3 Å². The van der Waals surface area contributed by atoms with Gasteiger partial charge in [-0.2, -0.15) is 0 Å². The molecule has 1 aromatic rings. The first-order chi connectivity index (χ1) is 9.46. The molecule has 1 heterocycles. The summed E-state index contributed by atoms with van der Waals surface area (Å²) >= 11 is 1.51. The molecule has 120 valence electrons. The van der Waals surface area contributed by atoms with E-state index in [1.54, 1.807) is 0 Å². The Hall–Kier alpha value is -1.14. The van der Waals surface area contributed by atoms with Crippen molar-refractivity contribution in [2.45, 2.75) is 65.7 Å². The van der Waals surface area contributed by atoms with Crippen LogP contribution in [0.25, 0.3) is 0 Å². The predicted molar refractivity (Wildman–Crippen MR) is 84.7 cm³/mol. The number of aryl methyl sites for hydroxylation is 1. The highest BCUT2D eigenvalue weighted by Gasteiger charge is 2.24. The first-order valence-corrected chi connectivity index (χ1v) is 7.90. The number of hydrogen-bond acceptors (Lipinski definition) is 5. The van der Waals surface area contributed by atoms with E-state index in [4.69, 9.17) is 9.47 Å². The van der Waals surface area contributed by atoms with E-state index in [9.17, 15) is 4.79 Å². The quantitative estimate of drug-likeness (QED) is 0.917. The summed E-state index contributed by atoms with van der Waals surface area (Å²) in [5.41, 5.74) is 0.125. The maximum Gasteiger partial charge on any atom is 0.408 e. The molecule has 21 heavy (non-hydrogen) atoms. The Morgan fingerprint density at radius 1 is 1.29 bits per heavy atom. The van der Waals surface area contributed by atoms with Gasteiger partial charge in [0.25, 0.3) is 0 Å². The van der Waals surface area contributed by atoms with Crippen molar-refractivity contribution < 1.29 is 14.3 Å². The highest BCUT2D eigenvalue weighted by molar-refractivity contribution is 7.09. The number of amides is 1. The van der Waals surface area contributed by atoms with E-state index < -0.39 is 11.7 Å². The fraction of sp³-hybridized carbons (Fsp3) is 0.733. The van der Waals surface area contributed by atoms with Gasteiger partial charge in [0, 0.05) is 11.1 Å². The van der Waals surface area contributed by atoms with Gasteiger partial charge in [0.15, 0.2) is 0 Å². The third kappa shape index (κ3) is 7.43. The highest BCUT2D eigenvalue weighted by Crippen LogP contribution is 2.21. The lowest BCUT2D eigenvalue weighted by molar-refractivity contribution is -0.0175. The van der Waals surface area contributed by atoms with Crippen LogP contribution in [0.5, 0.6) is 0 Å². The monoisotopic (exact) mass is 314 g/mol. The first kappa shape index (κ1) is 17.9. The topological polar surface area (TPSA) is 60.5 Å². The van der Waals surface area contributed by atoms with E-state index in [-0.39, 0.29) is 11.6 Å². The number of carbonyl (C=O) groups excluding carboxylic acids is 1. The van der Waals surface area contributed by atoms with Gasteiger partial charge in [0.2, 0.25) is 0 Å². The second-order valence-corrected chi connectivity index (χ2v) is 7.84. The summed E-state index contributed by atoms with van der Waals surface area (Å²) in [5.74, 6) is 0. The smallest absolute Gasteiger partial charge is 0.408 e. The lowest BCUT2D eigenvalue weighted by Crippen LogP contribution is -2.38. The van der Waals surface area contributed by atoms with Crippen LogP contribution in [0.4, 0.5) is 4.79 Å². The van der Waals surface area contributed by atoms with Crippen LogP contribution in [-0.4, -0.2) is 28.9 Å². The molecule has 1 rings (SSSR count). The number of hydrogen-bond donors (Lipinski definition) is 1. The van der Waals surface area contributed by atoms with Gasteiger partial charge in [-0.1, -0.05) is 0 Å². The average Bonchev–Trinajstić information content (AvgIpc) is 2.67. The second kappa shape index (κ2) is 6.75. The maximum absolute atomic E-state index is 12.0. The molecule has 0 aliphatic rings. The number of alkyl carbamates (subject to hydrolysis) is 1. The summed E-state index contributed by atoms with van der Waals surface area (Å²) in [5, 5.41) is 5.61. The Bertz CT molecular complexity index is 472. The zero-order valence-corrected chi connectivity index (χ0v) is 14.8. The van der Waals surface area contributed by atoms with Crippen molar-refractivity contribution in [1.29, 1.82) is 0 Å². The zero-order valence-electron chi connectivity index (χ0n) is 13.9. The normalized spacial score (nSPS) is 13.9. The summed E-state index contributed by atoms with van der Waals surface area (Å²) in [6, 6.07) is -0.308. The van der Waals surface area contributed by atoms with Crippen LogP contribution < -0.4 is 5.32 Å². The maximum atomic E-state index is 12.0. The summed E-state index contributed by atoms with van der Waals surface area (Å²) < 4.78 is 11.1. The SMILES string of the molecule is Cc1csc([C@@H](COC(C)(C)C)NC(=O)OC(C)(C)C)n1. The Morgan fingerprint density at radius 3 is 2.33 bits per heavy atom. The number of rotatable bonds is 4. The predicted octanol–water partition coefficient (Wildman–Crippen LogP) is 3.83. The molecule has 0 aliphatic carbocycles. The molecular formula is C15H26N2O3S. The van der Waals surface area contributed by atoms with Gasteiger partial charge < -0.3 is 14.8 Å². The summed E-state index contributed by atoms with van der Waals surface area (Å²) in [7, 11) is 0. The lowest BCUT2D eigenvalue weighted by atomic mass is 10.2. The zero-order chi connectivity index (χ0) is 16.3. The van der Waals surface area contributed by atoms with Gasteiger partial charge in [-0.25, -0.2) is 9.78 Å². The molecule has 0 aliphatic heterocycles. The Morgan fingerprint density at radius 2 is 1.90 bits per heavy atom. The van der Waals surface area contributed by atoms with Crippen molar-refractivity contribution in [3.05, 3.63) is 16.1 Å². The molecule has 1 atom stereocenters. The van der Waals surface area contributed by atoms with Gasteiger partial charge >= 0.3 is 6.09 Å². The van der Waals surface area contributed by atoms with E-state index in [1.807, 2.05) is 53.8 Å². The molecule has 5 nitrogen and oxygen atoms in total. The molecule has 0 saturated heterocycles. The first-order valence-electron chi connectivity index (χ1n) is 7.02. The summed E-state index contributed by atoms with van der Waals surface area (Å²) in [6.45, 7) is 13.7. The third-order valence-corrected chi connectivity index (χ3v) is 3.39. The fourth-order valence-electron chi connectivity index (χ4n) is 1.49. The molecule has 0 fully saturated rings. The number of aromatic nitrogens is 1. The molecule has 1 aromatic heterocycles. The summed E-state index contributed by atoms with van der Waals surface area (Å²) in [6.07, 6.45) is -0.460. The van der Waals surface area contributed by atoms with Crippen molar-refractivity contribution in [3.8, 4) is 0 Å². The molecule has 0 radical (unpaired) electrons. The van der Waals surface area contributed by atoms with Gasteiger partial charge in [-0.05, 0) is 48.5 Å². The molecule has 0 unspecified atom stereocenters. The average molecular weight is 314 g/mol. The van der Waals surface area contributed by atoms with Gasteiger partial charge in [0.05, 0.1) is 12.2 Å². The van der Waals surface area contributed by atoms with E-state index >= 15 is 0 Å². The lowest BCUT2D eigenvalue weighted by Gasteiger charge is -2.26. The number of ether oxygens (including phenoxy) is 2. The number of carbonyl (C=O) groups is 1. The Labute approximate surface area is 131 Å². The molecule has 0 bridgehead atoms. The van der Waals surface area contributed by atoms with Crippen molar-refractivity contribution >= 4 is 17.4 Å². The third-order valence-electron chi connectivity index (χ3n) is 2.31. The van der Waals surface area contributed by atoms with Gasteiger partial charge in [-0.3, -0.25) is 0 Å². The summed E-state index contributed by atoms with van der Waals surface area (Å²) in [4.78, 5) is 16.4. The number of nitrogens with one attached hydrogen (secondary N) is 1. The van der Waals surface area contributed by atoms with E-state index in [1.165, 1.54) is 11.3 Å². The van der Waals surface area contributed by atoms with E-state index in [0.717, 1.165) is 10.7 Å². The van der Waals surface area contributed by atoms with E-state index in [0.29, 0.717) is 6.61 Å². The van der Waals surface area contributed by atoms with Crippen LogP contribution in [0.15, 0.2) is 5.38 Å². The molecule has 6 heteroatoms. The van der Waals surface area contributed by atoms with Crippen molar-refractivity contribution in [1.82, 2.24) is 10.3 Å². The largest absolute Gasteiger partial charge is 0.444 e.